The number of aromatic amines is 2. The number of aromatic nitrogens is 12. The third-order valence-corrected chi connectivity index (χ3v) is 19.5. The highest BCUT2D eigenvalue weighted by atomic mass is 31.3. The number of nitrogens with zero attached hydrogens (tertiary/aromatic N) is 11. The number of rotatable bonds is 25. The summed E-state index contributed by atoms with van der Waals surface area (Å²) in [7, 11) is -21.4. The van der Waals surface area contributed by atoms with E-state index in [1.54, 1.807) is 26.8 Å². The van der Waals surface area contributed by atoms with Gasteiger partial charge in [-0.15, -0.1) is 0 Å². The number of methoxy groups -OCH3 is 1. The van der Waals surface area contributed by atoms with Gasteiger partial charge in [0.05, 0.1) is 56.1 Å². The molecule has 0 aliphatic carbocycles. The number of anilines is 4. The highest BCUT2D eigenvalue weighted by molar-refractivity contribution is 7.66. The zero-order valence-electron chi connectivity index (χ0n) is 48.2. The highest BCUT2D eigenvalue weighted by Gasteiger charge is 2.54. The number of phosphoric acid groups is 4. The number of fused-ring (bicyclic) bond motifs is 3. The first kappa shape index (κ1) is 68.1. The fourth-order valence-corrected chi connectivity index (χ4v) is 14.9. The van der Waals surface area contributed by atoms with Gasteiger partial charge in [0.2, 0.25) is 23.6 Å². The van der Waals surface area contributed by atoms with E-state index in [9.17, 15) is 72.9 Å². The van der Waals surface area contributed by atoms with Crippen molar-refractivity contribution in [1.82, 2.24) is 53.6 Å². The van der Waals surface area contributed by atoms with Crippen molar-refractivity contribution >= 4 is 94.1 Å². The molecule has 3 aliphatic heterocycles. The highest BCUT2D eigenvalue weighted by Crippen LogP contribution is 2.68. The van der Waals surface area contributed by atoms with Crippen molar-refractivity contribution in [3.8, 4) is 0 Å². The van der Waals surface area contributed by atoms with Crippen LogP contribution in [0.1, 0.15) is 51.1 Å². The standard InChI is InChI=1S/C44H59N17O27P4/c1-44(2,3)31(17-8-6-7-9-18(17)61(67)68)79-16-78-29-26(63)20(84-39(29)60-15-57(4)24-35(60)54-43(48)56-37(24)66)11-81-90(71,72)87-92(75,76)88-91(73,74)82-12-21-28(30(77-5)40(85-21)59-13-49-22-32(45)51-41(46)52-33(22)59)86-89(69,70)80-10-19-25(62)27(64)38(83-19)58-14-50-23-34(58)53-42(47)55-36(23)65/h6-9,13-15,19-21,25-31,38-40,62-64H,10-12,16H2,1-5H3,(H13-,45,46,47,48,51,52,53,54,55,56,65,66,69,70,71,72,73,74,75,76)/p+1/t19-,20-,21-,25?,26+,27+,28?,29?,30+,31?,38-,39-,40-/m1/s1. The molecule has 3 saturated heterocycles. The van der Waals surface area contributed by atoms with Crippen molar-refractivity contribution in [2.45, 2.75) is 100 Å². The van der Waals surface area contributed by atoms with Crippen molar-refractivity contribution in [2.24, 2.45) is 12.5 Å². The number of imidazole rings is 3. The summed E-state index contributed by atoms with van der Waals surface area (Å²) < 4.78 is 123. The van der Waals surface area contributed by atoms with Gasteiger partial charge in [0.1, 0.15) is 67.2 Å². The van der Waals surface area contributed by atoms with E-state index >= 15 is 0 Å². The molecule has 0 saturated carbocycles. The molecular weight excluding hydrogens is 1320 g/mol. The van der Waals surface area contributed by atoms with E-state index in [1.165, 1.54) is 40.7 Å². The Morgan fingerprint density at radius 3 is 1.96 bits per heavy atom. The van der Waals surface area contributed by atoms with Gasteiger partial charge in [0.25, 0.3) is 22.8 Å². The minimum atomic E-state index is -6.33. The van der Waals surface area contributed by atoms with E-state index < -0.39 is 159 Å². The first-order valence-corrected chi connectivity index (χ1v) is 32.6. The first-order valence-electron chi connectivity index (χ1n) is 26.7. The van der Waals surface area contributed by atoms with Gasteiger partial charge in [-0.25, -0.2) is 32.8 Å². The summed E-state index contributed by atoms with van der Waals surface area (Å²) in [4.78, 5) is 109. The molecule has 17 N–H and O–H groups in total. The maximum absolute atomic E-state index is 13.8. The topological polar surface area (TPSA) is 630 Å². The molecule has 3 fully saturated rings. The lowest BCUT2D eigenvalue weighted by Gasteiger charge is -2.31. The number of nitro benzene ring substituents is 1. The van der Waals surface area contributed by atoms with Gasteiger partial charge in [-0.2, -0.15) is 23.6 Å². The minimum absolute atomic E-state index is 0.0438. The van der Waals surface area contributed by atoms with Crippen LogP contribution in [0.4, 0.5) is 29.4 Å². The zero-order valence-corrected chi connectivity index (χ0v) is 51.8. The maximum atomic E-state index is 13.8. The zero-order chi connectivity index (χ0) is 66.9. The second-order valence-corrected chi connectivity index (χ2v) is 27.7. The van der Waals surface area contributed by atoms with Gasteiger partial charge < -0.3 is 86.2 Å². The van der Waals surface area contributed by atoms with Crippen LogP contribution in [-0.2, 0) is 80.4 Å². The Bertz CT molecular complexity index is 4260. The van der Waals surface area contributed by atoms with Gasteiger partial charge in [0, 0.05) is 13.2 Å². The number of aliphatic hydroxyl groups excluding tert-OH is 3. The molecule has 17 atom stereocenters. The van der Waals surface area contributed by atoms with Crippen LogP contribution in [0.5, 0.6) is 0 Å². The van der Waals surface area contributed by atoms with Crippen molar-refractivity contribution in [3.05, 3.63) is 79.6 Å². The van der Waals surface area contributed by atoms with Gasteiger partial charge in [-0.3, -0.25) is 61.5 Å². The van der Waals surface area contributed by atoms with E-state index in [0.717, 1.165) is 28.9 Å². The monoisotopic (exact) mass is 1380 g/mol. The Labute approximate surface area is 513 Å². The van der Waals surface area contributed by atoms with Crippen LogP contribution in [0.3, 0.4) is 0 Å². The predicted molar refractivity (Wildman–Crippen MR) is 304 cm³/mol. The number of hydrogen-bond donors (Lipinski definition) is 13. The first-order chi connectivity index (χ1) is 43.1. The van der Waals surface area contributed by atoms with Crippen molar-refractivity contribution in [3.63, 3.8) is 0 Å². The molecule has 9 heterocycles. The van der Waals surface area contributed by atoms with E-state index in [4.69, 9.17) is 69.5 Å². The molecule has 0 spiro atoms. The van der Waals surface area contributed by atoms with E-state index in [2.05, 4.69) is 48.5 Å². The van der Waals surface area contributed by atoms with Gasteiger partial charge >= 0.3 is 36.9 Å². The fourth-order valence-electron chi connectivity index (χ4n) is 10.4. The number of nitrogen functional groups attached to an aromatic ring is 4. The maximum Gasteiger partial charge on any atom is 0.490 e. The number of para-hydroxylation sites is 1. The molecule has 92 heavy (non-hydrogen) atoms. The fraction of sp³-hybridized carbons (Fsp3) is 0.523. The van der Waals surface area contributed by atoms with E-state index in [-0.39, 0.29) is 68.4 Å². The number of nitrogens with one attached hydrogen (secondary N) is 2. The number of nitro groups is 1. The lowest BCUT2D eigenvalue weighted by molar-refractivity contribution is -0.746. The molecule has 6 aromatic heterocycles. The van der Waals surface area contributed by atoms with Crippen LogP contribution < -0.4 is 38.6 Å². The number of nitrogens with two attached hydrogens (primary N) is 4. The lowest BCUT2D eigenvalue weighted by atomic mass is 9.84. The summed E-state index contributed by atoms with van der Waals surface area (Å²) in [6, 6.07) is 5.77. The van der Waals surface area contributed by atoms with Crippen LogP contribution in [0, 0.1) is 15.5 Å². The molecule has 0 amide bonds. The number of aliphatic hydroxyl groups is 3. The van der Waals surface area contributed by atoms with E-state index in [0.29, 0.717) is 0 Å². The number of ether oxygens (including phenoxy) is 6. The van der Waals surface area contributed by atoms with Gasteiger partial charge in [-0.1, -0.05) is 37.9 Å². The van der Waals surface area contributed by atoms with Crippen molar-refractivity contribution in [1.29, 1.82) is 0 Å². The Morgan fingerprint density at radius 1 is 0.728 bits per heavy atom. The predicted octanol–water partition coefficient (Wildman–Crippen LogP) is -1.43. The molecule has 0 radical (unpaired) electrons. The molecule has 502 valence electrons. The Hall–Kier alpha value is -6.77. The Kier molecular flexibility index (Phi) is 19.1. The molecule has 44 nitrogen and oxygen atoms in total. The summed E-state index contributed by atoms with van der Waals surface area (Å²) in [6.45, 7) is 0.929. The molecule has 1 aromatic carbocycles. The molecule has 3 aliphatic rings. The quantitative estimate of drug-likeness (QED) is 0.0103. The van der Waals surface area contributed by atoms with Crippen LogP contribution in [0.2, 0.25) is 0 Å². The molecular formula is C44H60N17O27P4+. The SMILES string of the molecule is CO[C@H]1C(OP(=O)(O)OC[C@H]2O[C@@H](n3cnc4c(=O)[nH]c(N)nc43)[C@@H](O)C2O)[C@@H](COP(=O)(O)OP(=O)(O)OP(=O)(O)OC[C@H]2O[C@@H]([n+]3cn(C)c4c(=O)[nH]c(N)nc43)C(OCOC(c3ccccc3[N+](=O)[O-])C(C)(C)C)[C@H]2O)O[C@H]1n1cnc2c(N)nc(N)nc21. The minimum Gasteiger partial charge on any atom is -0.387 e. The number of phosphoric ester groups is 3. The summed E-state index contributed by atoms with van der Waals surface area (Å²) >= 11 is 0. The van der Waals surface area contributed by atoms with Gasteiger partial charge in [0.15, 0.2) is 41.4 Å². The smallest absolute Gasteiger partial charge is 0.387 e. The lowest BCUT2D eigenvalue weighted by Crippen LogP contribution is -2.47. The van der Waals surface area contributed by atoms with Crippen LogP contribution in [0.15, 0.2) is 52.8 Å². The largest absolute Gasteiger partial charge is 0.490 e. The normalized spacial score (nSPS) is 27.5. The van der Waals surface area contributed by atoms with E-state index in [1.807, 2.05) is 0 Å². The number of hydrogen-bond acceptors (Lipinski definition) is 33. The second kappa shape index (κ2) is 25.9. The van der Waals surface area contributed by atoms with Crippen LogP contribution in [0.25, 0.3) is 33.5 Å². The van der Waals surface area contributed by atoms with Crippen LogP contribution in [-0.4, -0.2) is 182 Å². The third kappa shape index (κ3) is 14.2. The third-order valence-electron chi connectivity index (χ3n) is 14.3. The van der Waals surface area contributed by atoms with Gasteiger partial charge in [-0.05, 0) is 11.5 Å². The summed E-state index contributed by atoms with van der Waals surface area (Å²) in [5.74, 6) is -1.25. The summed E-state index contributed by atoms with van der Waals surface area (Å²) in [5, 5.41) is 45.6. The Balaban J connectivity index is 0.823. The molecule has 8 unspecified atom stereocenters. The number of aryl methyl sites for hydroxylation is 1. The van der Waals surface area contributed by atoms with Crippen molar-refractivity contribution < 1.29 is 118 Å². The summed E-state index contributed by atoms with van der Waals surface area (Å²) in [6.07, 6.45) is -18.2. The molecule has 7 aromatic rings. The average Bonchev–Trinajstić information content (AvgIpc) is 1.61. The summed E-state index contributed by atoms with van der Waals surface area (Å²) in [5.41, 5.74) is 20.3. The Morgan fingerprint density at radius 2 is 1.30 bits per heavy atom. The average molecular weight is 1380 g/mol. The number of benzene rings is 1. The molecule has 10 rings (SSSR count). The second-order valence-electron chi connectivity index (χ2n) is 21.7. The molecule has 0 bridgehead atoms. The number of H-pyrrole nitrogens is 2. The van der Waals surface area contributed by atoms with Crippen LogP contribution >= 0.6 is 31.3 Å². The molecule has 48 heteroatoms. The van der Waals surface area contributed by atoms with Crippen molar-refractivity contribution in [2.75, 3.05) is 56.7 Å².